The number of aryl methyl sites for hydroxylation is 1. The molecular formula is C21H24N2O2. The number of benzene rings is 2. The Morgan fingerprint density at radius 2 is 1.76 bits per heavy atom. The molecule has 2 aromatic carbocycles. The summed E-state index contributed by atoms with van der Waals surface area (Å²) in [5.41, 5.74) is 5.07. The molecule has 0 aliphatic carbocycles. The van der Waals surface area contributed by atoms with Crippen LogP contribution in [-0.4, -0.2) is 43.1 Å². The van der Waals surface area contributed by atoms with Gasteiger partial charge in [0.25, 0.3) is 5.91 Å². The molecule has 0 N–H and O–H groups in total. The van der Waals surface area contributed by atoms with E-state index < -0.39 is 0 Å². The number of rotatable bonds is 2. The van der Waals surface area contributed by atoms with Crippen molar-refractivity contribution in [2.24, 2.45) is 0 Å². The lowest BCUT2D eigenvalue weighted by atomic mass is 10.1. The Bertz CT molecular complexity index is 769. The van der Waals surface area contributed by atoms with Crippen LogP contribution < -0.4 is 9.64 Å². The summed E-state index contributed by atoms with van der Waals surface area (Å²) in [7, 11) is 0. The Balaban J connectivity index is 1.39. The molecule has 0 saturated carbocycles. The molecule has 2 aliphatic rings. The molecule has 0 aromatic heterocycles. The van der Waals surface area contributed by atoms with Crippen LogP contribution in [0.3, 0.4) is 0 Å². The SMILES string of the molecule is Cc1cccc(N2CCN(C(=O)[C@@H]3Cc4ccccc4O3)CC2)c1C. The Morgan fingerprint density at radius 3 is 2.52 bits per heavy atom. The summed E-state index contributed by atoms with van der Waals surface area (Å²) in [4.78, 5) is 17.2. The van der Waals surface area contributed by atoms with Crippen LogP contribution >= 0.6 is 0 Å². The molecule has 4 rings (SSSR count). The highest BCUT2D eigenvalue weighted by molar-refractivity contribution is 5.83. The molecule has 1 amide bonds. The van der Waals surface area contributed by atoms with Crippen LogP contribution in [0.25, 0.3) is 0 Å². The monoisotopic (exact) mass is 336 g/mol. The normalized spacial score (nSPS) is 19.5. The molecule has 130 valence electrons. The third-order valence-electron chi connectivity index (χ3n) is 5.43. The van der Waals surface area contributed by atoms with Crippen molar-refractivity contribution in [1.29, 1.82) is 0 Å². The van der Waals surface area contributed by atoms with Crippen LogP contribution in [0, 0.1) is 13.8 Å². The summed E-state index contributed by atoms with van der Waals surface area (Å²) in [5, 5.41) is 0. The van der Waals surface area contributed by atoms with Crippen molar-refractivity contribution < 1.29 is 9.53 Å². The van der Waals surface area contributed by atoms with Gasteiger partial charge in [0.15, 0.2) is 6.10 Å². The van der Waals surface area contributed by atoms with Gasteiger partial charge < -0.3 is 14.5 Å². The number of piperazine rings is 1. The number of amides is 1. The second kappa shape index (κ2) is 6.43. The van der Waals surface area contributed by atoms with Gasteiger partial charge in [-0.2, -0.15) is 0 Å². The van der Waals surface area contributed by atoms with Crippen LogP contribution in [-0.2, 0) is 11.2 Å². The van der Waals surface area contributed by atoms with Crippen LogP contribution in [0.5, 0.6) is 5.75 Å². The highest BCUT2D eigenvalue weighted by atomic mass is 16.5. The lowest BCUT2D eigenvalue weighted by Crippen LogP contribution is -2.52. The van der Waals surface area contributed by atoms with Gasteiger partial charge in [0.1, 0.15) is 5.75 Å². The Kier molecular flexibility index (Phi) is 4.12. The number of nitrogens with zero attached hydrogens (tertiary/aromatic N) is 2. The standard InChI is InChI=1S/C21H24N2O2/c1-15-6-5-8-18(16(15)2)22-10-12-23(13-11-22)21(24)20-14-17-7-3-4-9-19(17)25-20/h3-9,20H,10-14H2,1-2H3/t20-/m0/s1. The number of para-hydroxylation sites is 1. The second-order valence-electron chi connectivity index (χ2n) is 6.95. The van der Waals surface area contributed by atoms with Crippen LogP contribution in [0.2, 0.25) is 0 Å². The van der Waals surface area contributed by atoms with Crippen molar-refractivity contribution in [1.82, 2.24) is 4.90 Å². The van der Waals surface area contributed by atoms with Crippen molar-refractivity contribution in [3.05, 3.63) is 59.2 Å². The maximum atomic E-state index is 12.8. The molecule has 1 fully saturated rings. The van der Waals surface area contributed by atoms with Crippen molar-refractivity contribution in [2.75, 3.05) is 31.1 Å². The molecular weight excluding hydrogens is 312 g/mol. The maximum absolute atomic E-state index is 12.8. The van der Waals surface area contributed by atoms with Gasteiger partial charge in [0, 0.05) is 38.3 Å². The summed E-state index contributed by atoms with van der Waals surface area (Å²) in [6, 6.07) is 14.4. The number of hydrogen-bond donors (Lipinski definition) is 0. The van der Waals surface area contributed by atoms with E-state index in [9.17, 15) is 4.79 Å². The summed E-state index contributed by atoms with van der Waals surface area (Å²) in [6.45, 7) is 7.57. The molecule has 2 aliphatic heterocycles. The van der Waals surface area contributed by atoms with Gasteiger partial charge in [-0.3, -0.25) is 4.79 Å². The van der Waals surface area contributed by atoms with E-state index in [0.29, 0.717) is 6.42 Å². The first-order valence-corrected chi connectivity index (χ1v) is 8.98. The molecule has 1 atom stereocenters. The Labute approximate surface area is 149 Å². The Hall–Kier alpha value is -2.49. The minimum atomic E-state index is -0.357. The highest BCUT2D eigenvalue weighted by Gasteiger charge is 2.33. The van der Waals surface area contributed by atoms with E-state index in [-0.39, 0.29) is 12.0 Å². The lowest BCUT2D eigenvalue weighted by molar-refractivity contribution is -0.138. The summed E-state index contributed by atoms with van der Waals surface area (Å²) in [5.74, 6) is 0.978. The van der Waals surface area contributed by atoms with Crippen molar-refractivity contribution in [3.63, 3.8) is 0 Å². The van der Waals surface area contributed by atoms with Gasteiger partial charge in [0.2, 0.25) is 0 Å². The fraction of sp³-hybridized carbons (Fsp3) is 0.381. The molecule has 2 heterocycles. The smallest absolute Gasteiger partial charge is 0.264 e. The van der Waals surface area contributed by atoms with Gasteiger partial charge in [-0.25, -0.2) is 0 Å². The van der Waals surface area contributed by atoms with Crippen LogP contribution in [0.15, 0.2) is 42.5 Å². The first kappa shape index (κ1) is 16.0. The lowest BCUT2D eigenvalue weighted by Gasteiger charge is -2.37. The predicted molar refractivity (Wildman–Crippen MR) is 99.3 cm³/mol. The minimum absolute atomic E-state index is 0.122. The molecule has 0 radical (unpaired) electrons. The second-order valence-corrected chi connectivity index (χ2v) is 6.95. The van der Waals surface area contributed by atoms with Gasteiger partial charge in [-0.1, -0.05) is 30.3 Å². The highest BCUT2D eigenvalue weighted by Crippen LogP contribution is 2.29. The van der Waals surface area contributed by atoms with Crippen LogP contribution in [0.1, 0.15) is 16.7 Å². The fourth-order valence-corrected chi connectivity index (χ4v) is 3.77. The topological polar surface area (TPSA) is 32.8 Å². The zero-order valence-corrected chi connectivity index (χ0v) is 14.9. The minimum Gasteiger partial charge on any atom is -0.480 e. The number of fused-ring (bicyclic) bond motifs is 1. The van der Waals surface area contributed by atoms with Crippen LogP contribution in [0.4, 0.5) is 5.69 Å². The van der Waals surface area contributed by atoms with E-state index in [2.05, 4.69) is 36.9 Å². The average Bonchev–Trinajstić information content (AvgIpc) is 3.08. The van der Waals surface area contributed by atoms with Gasteiger partial charge >= 0.3 is 0 Å². The molecule has 1 saturated heterocycles. The largest absolute Gasteiger partial charge is 0.480 e. The molecule has 0 bridgehead atoms. The number of carbonyl (C=O) groups is 1. The van der Waals surface area contributed by atoms with Gasteiger partial charge in [-0.05, 0) is 42.7 Å². The summed E-state index contributed by atoms with van der Waals surface area (Å²) < 4.78 is 5.86. The summed E-state index contributed by atoms with van der Waals surface area (Å²) in [6.07, 6.45) is 0.330. The van der Waals surface area contributed by atoms with Crippen molar-refractivity contribution in [2.45, 2.75) is 26.4 Å². The van der Waals surface area contributed by atoms with Gasteiger partial charge in [-0.15, -0.1) is 0 Å². The summed E-state index contributed by atoms with van der Waals surface area (Å²) >= 11 is 0. The van der Waals surface area contributed by atoms with E-state index in [1.165, 1.54) is 16.8 Å². The van der Waals surface area contributed by atoms with Gasteiger partial charge in [0.05, 0.1) is 0 Å². The molecule has 4 heteroatoms. The number of carbonyl (C=O) groups excluding carboxylic acids is 1. The third-order valence-corrected chi connectivity index (χ3v) is 5.43. The third kappa shape index (κ3) is 2.97. The zero-order chi connectivity index (χ0) is 17.4. The molecule has 0 unspecified atom stereocenters. The van der Waals surface area contributed by atoms with E-state index >= 15 is 0 Å². The van der Waals surface area contributed by atoms with E-state index in [1.807, 2.05) is 29.2 Å². The number of hydrogen-bond acceptors (Lipinski definition) is 3. The Morgan fingerprint density at radius 1 is 1.00 bits per heavy atom. The first-order chi connectivity index (χ1) is 12.1. The van der Waals surface area contributed by atoms with E-state index in [4.69, 9.17) is 4.74 Å². The van der Waals surface area contributed by atoms with E-state index in [1.54, 1.807) is 0 Å². The zero-order valence-electron chi connectivity index (χ0n) is 14.9. The molecule has 0 spiro atoms. The number of ether oxygens (including phenoxy) is 1. The van der Waals surface area contributed by atoms with Crippen molar-refractivity contribution in [3.8, 4) is 5.75 Å². The molecule has 25 heavy (non-hydrogen) atoms. The maximum Gasteiger partial charge on any atom is 0.264 e. The first-order valence-electron chi connectivity index (χ1n) is 8.98. The molecule has 4 nitrogen and oxygen atoms in total. The fourth-order valence-electron chi connectivity index (χ4n) is 3.77. The van der Waals surface area contributed by atoms with Crippen molar-refractivity contribution >= 4 is 11.6 Å². The predicted octanol–water partition coefficient (Wildman–Crippen LogP) is 2.96. The average molecular weight is 336 g/mol. The van der Waals surface area contributed by atoms with E-state index in [0.717, 1.165) is 37.5 Å². The molecule has 2 aromatic rings. The quantitative estimate of drug-likeness (QED) is 0.845. The number of anilines is 1.